The van der Waals surface area contributed by atoms with E-state index in [0.29, 0.717) is 10.6 Å². The molecular formula is C26H19F3N2OS. The lowest BCUT2D eigenvalue weighted by molar-refractivity contribution is -0.137. The predicted molar refractivity (Wildman–Crippen MR) is 123 cm³/mol. The average Bonchev–Trinajstić information content (AvgIpc) is 3.29. The fourth-order valence-electron chi connectivity index (χ4n) is 3.79. The fraction of sp³-hybridized carbons (Fsp3) is 0.192. The highest BCUT2D eigenvalue weighted by Gasteiger charge is 2.30. The standard InChI is InChI=1S/C26H19F3N2OS/c27-26(28,29)19-12-10-18(11-13-19)24(32)16-33-25-22(15-30)20(21-7-4-8-23(21)31-25)14-9-17-5-2-1-3-6-17/h1-3,5-6,9-14H,4,7-8,16H2/b14-9-. The number of fused-ring (bicyclic) bond motifs is 1. The number of thioether (sulfide) groups is 1. The third kappa shape index (κ3) is 5.18. The van der Waals surface area contributed by atoms with E-state index in [1.807, 2.05) is 42.5 Å². The number of rotatable bonds is 6. The smallest absolute Gasteiger partial charge is 0.293 e. The van der Waals surface area contributed by atoms with Crippen LogP contribution in [0.2, 0.25) is 0 Å². The Kier molecular flexibility index (Phi) is 6.66. The zero-order valence-electron chi connectivity index (χ0n) is 17.5. The molecule has 0 spiro atoms. The van der Waals surface area contributed by atoms with Gasteiger partial charge in [0.1, 0.15) is 11.1 Å². The number of hydrogen-bond donors (Lipinski definition) is 0. The molecule has 4 rings (SSSR count). The van der Waals surface area contributed by atoms with E-state index in [0.717, 1.165) is 65.5 Å². The van der Waals surface area contributed by atoms with Gasteiger partial charge in [0.25, 0.3) is 0 Å². The summed E-state index contributed by atoms with van der Waals surface area (Å²) in [6.45, 7) is 0. The highest BCUT2D eigenvalue weighted by molar-refractivity contribution is 8.00. The zero-order chi connectivity index (χ0) is 23.4. The molecule has 7 heteroatoms. The van der Waals surface area contributed by atoms with Gasteiger partial charge in [-0.3, -0.25) is 4.79 Å². The number of ketones is 1. The van der Waals surface area contributed by atoms with Crippen LogP contribution < -0.4 is 0 Å². The minimum absolute atomic E-state index is 0.0202. The first-order valence-electron chi connectivity index (χ1n) is 10.4. The Hall–Kier alpha value is -3.37. The van der Waals surface area contributed by atoms with E-state index >= 15 is 0 Å². The summed E-state index contributed by atoms with van der Waals surface area (Å²) in [4.78, 5) is 17.2. The molecule has 0 saturated carbocycles. The average molecular weight is 465 g/mol. The van der Waals surface area contributed by atoms with Crippen molar-refractivity contribution in [3.8, 4) is 6.07 Å². The molecule has 0 unspecified atom stereocenters. The summed E-state index contributed by atoms with van der Waals surface area (Å²) in [6, 6.07) is 16.2. The number of pyridine rings is 1. The molecule has 166 valence electrons. The summed E-state index contributed by atoms with van der Waals surface area (Å²) in [5.41, 5.74) is 3.66. The molecule has 1 aromatic heterocycles. The van der Waals surface area contributed by atoms with Crippen LogP contribution in [0.15, 0.2) is 59.6 Å². The van der Waals surface area contributed by atoms with Gasteiger partial charge < -0.3 is 0 Å². The van der Waals surface area contributed by atoms with E-state index in [1.165, 1.54) is 12.1 Å². The number of nitrogens with zero attached hydrogens (tertiary/aromatic N) is 2. The van der Waals surface area contributed by atoms with E-state index < -0.39 is 11.7 Å². The SMILES string of the molecule is N#Cc1c(SCC(=O)c2ccc(C(F)(F)F)cc2)nc2c(c1/C=C\c1ccccc1)CCC2. The number of benzene rings is 2. The molecule has 1 heterocycles. The van der Waals surface area contributed by atoms with Crippen molar-refractivity contribution < 1.29 is 18.0 Å². The van der Waals surface area contributed by atoms with E-state index in [-0.39, 0.29) is 17.1 Å². The minimum atomic E-state index is -4.45. The second-order valence-electron chi connectivity index (χ2n) is 7.63. The number of hydrogen-bond acceptors (Lipinski definition) is 4. The molecule has 0 saturated heterocycles. The van der Waals surface area contributed by atoms with Crippen molar-refractivity contribution in [2.24, 2.45) is 0 Å². The van der Waals surface area contributed by atoms with Gasteiger partial charge in [0.2, 0.25) is 0 Å². The Bertz CT molecular complexity index is 1240. The first-order chi connectivity index (χ1) is 15.9. The van der Waals surface area contributed by atoms with Crippen LogP contribution >= 0.6 is 11.8 Å². The summed E-state index contributed by atoms with van der Waals surface area (Å²) in [7, 11) is 0. The summed E-state index contributed by atoms with van der Waals surface area (Å²) in [5.74, 6) is -0.338. The third-order valence-electron chi connectivity index (χ3n) is 5.46. The largest absolute Gasteiger partial charge is 0.416 e. The van der Waals surface area contributed by atoms with Gasteiger partial charge in [-0.1, -0.05) is 66.4 Å². The molecule has 0 N–H and O–H groups in total. The molecule has 0 atom stereocenters. The summed E-state index contributed by atoms with van der Waals surface area (Å²) in [6.07, 6.45) is 2.06. The normalized spacial score (nSPS) is 13.2. The molecule has 33 heavy (non-hydrogen) atoms. The van der Waals surface area contributed by atoms with Crippen molar-refractivity contribution >= 4 is 29.7 Å². The monoisotopic (exact) mass is 464 g/mol. The maximum Gasteiger partial charge on any atom is 0.416 e. The molecule has 0 bridgehead atoms. The maximum atomic E-state index is 12.8. The quantitative estimate of drug-likeness (QED) is 0.304. The molecule has 1 aliphatic carbocycles. The van der Waals surface area contributed by atoms with Crippen LogP contribution in [0.5, 0.6) is 0 Å². The fourth-order valence-corrected chi connectivity index (χ4v) is 4.70. The van der Waals surface area contributed by atoms with Gasteiger partial charge in [-0.05, 0) is 48.1 Å². The highest BCUT2D eigenvalue weighted by atomic mass is 32.2. The third-order valence-corrected chi connectivity index (χ3v) is 6.44. The van der Waals surface area contributed by atoms with Crippen molar-refractivity contribution in [2.45, 2.75) is 30.5 Å². The van der Waals surface area contributed by atoms with Gasteiger partial charge in [-0.25, -0.2) is 4.98 Å². The number of aromatic nitrogens is 1. The Morgan fingerprint density at radius 1 is 1.06 bits per heavy atom. The number of aryl methyl sites for hydroxylation is 1. The molecule has 2 aromatic carbocycles. The lowest BCUT2D eigenvalue weighted by atomic mass is 10.0. The van der Waals surface area contributed by atoms with Crippen molar-refractivity contribution in [1.82, 2.24) is 4.98 Å². The van der Waals surface area contributed by atoms with Crippen LogP contribution in [0, 0.1) is 11.3 Å². The van der Waals surface area contributed by atoms with E-state index in [1.54, 1.807) is 0 Å². The summed E-state index contributed by atoms with van der Waals surface area (Å²) >= 11 is 1.15. The summed E-state index contributed by atoms with van der Waals surface area (Å²) in [5, 5.41) is 10.4. The van der Waals surface area contributed by atoms with Crippen molar-refractivity contribution in [1.29, 1.82) is 5.26 Å². The van der Waals surface area contributed by atoms with Gasteiger partial charge in [0.15, 0.2) is 5.78 Å². The lowest BCUT2D eigenvalue weighted by Crippen LogP contribution is -2.08. The van der Waals surface area contributed by atoms with Crippen LogP contribution in [0.3, 0.4) is 0 Å². The molecule has 0 fully saturated rings. The lowest BCUT2D eigenvalue weighted by Gasteiger charge is -2.12. The van der Waals surface area contributed by atoms with E-state index in [4.69, 9.17) is 0 Å². The molecule has 0 amide bonds. The van der Waals surface area contributed by atoms with Gasteiger partial charge in [-0.2, -0.15) is 18.4 Å². The number of carbonyl (C=O) groups excluding carboxylic acids is 1. The maximum absolute atomic E-state index is 12.8. The zero-order valence-corrected chi connectivity index (χ0v) is 18.3. The molecule has 0 aliphatic heterocycles. The highest BCUT2D eigenvalue weighted by Crippen LogP contribution is 2.34. The second kappa shape index (κ2) is 9.63. The molecule has 3 nitrogen and oxygen atoms in total. The Morgan fingerprint density at radius 2 is 1.79 bits per heavy atom. The Balaban J connectivity index is 1.59. The molecule has 1 aliphatic rings. The Labute approximate surface area is 194 Å². The van der Waals surface area contributed by atoms with Crippen LogP contribution in [0.1, 0.15) is 50.3 Å². The molecule has 0 radical (unpaired) electrons. The first kappa shape index (κ1) is 22.8. The van der Waals surface area contributed by atoms with E-state index in [9.17, 15) is 23.2 Å². The summed E-state index contributed by atoms with van der Waals surface area (Å²) < 4.78 is 38.3. The number of halogens is 3. The number of nitriles is 1. The minimum Gasteiger partial charge on any atom is -0.293 e. The van der Waals surface area contributed by atoms with Crippen molar-refractivity contribution in [3.63, 3.8) is 0 Å². The van der Waals surface area contributed by atoms with Crippen LogP contribution in [-0.4, -0.2) is 16.5 Å². The van der Waals surface area contributed by atoms with Gasteiger partial charge in [-0.15, -0.1) is 0 Å². The van der Waals surface area contributed by atoms with Crippen LogP contribution in [0.25, 0.3) is 12.2 Å². The number of alkyl halides is 3. The topological polar surface area (TPSA) is 53.8 Å². The van der Waals surface area contributed by atoms with Crippen LogP contribution in [-0.2, 0) is 19.0 Å². The number of Topliss-reactive ketones (excluding diaryl/α,β-unsaturated/α-hetero) is 1. The van der Waals surface area contributed by atoms with Gasteiger partial charge >= 0.3 is 6.18 Å². The number of carbonyl (C=O) groups is 1. The van der Waals surface area contributed by atoms with Crippen molar-refractivity contribution in [3.05, 3.63) is 93.7 Å². The van der Waals surface area contributed by atoms with Crippen LogP contribution in [0.4, 0.5) is 13.2 Å². The molecule has 3 aromatic rings. The van der Waals surface area contributed by atoms with Gasteiger partial charge in [0.05, 0.1) is 16.9 Å². The first-order valence-corrected chi connectivity index (χ1v) is 11.4. The molecular weight excluding hydrogens is 445 g/mol. The second-order valence-corrected chi connectivity index (χ2v) is 8.59. The Morgan fingerprint density at radius 3 is 2.45 bits per heavy atom. The van der Waals surface area contributed by atoms with E-state index in [2.05, 4.69) is 11.1 Å². The van der Waals surface area contributed by atoms with Crippen molar-refractivity contribution in [2.75, 3.05) is 5.75 Å². The van der Waals surface area contributed by atoms with Gasteiger partial charge in [0, 0.05) is 11.3 Å². The predicted octanol–water partition coefficient (Wildman–Crippen LogP) is 6.61.